The van der Waals surface area contributed by atoms with Crippen LogP contribution in [0.4, 0.5) is 0 Å². The molecule has 3 aromatic heterocycles. The average molecular weight is 424 g/mol. The van der Waals surface area contributed by atoms with Gasteiger partial charge in [-0.05, 0) is 42.5 Å². The van der Waals surface area contributed by atoms with E-state index in [1.165, 1.54) is 0 Å². The molecule has 0 aliphatic carbocycles. The zero-order chi connectivity index (χ0) is 18.6. The molecular weight excluding hydrogens is 410 g/mol. The van der Waals surface area contributed by atoms with E-state index in [2.05, 4.69) is 36.4 Å². The number of nitrogens with zero attached hydrogens (tertiary/aromatic N) is 4. The van der Waals surface area contributed by atoms with Gasteiger partial charge in [-0.15, -0.1) is 10.2 Å². The maximum atomic E-state index is 12.7. The van der Waals surface area contributed by atoms with Crippen LogP contribution in [0.1, 0.15) is 16.2 Å². The molecule has 1 amide bonds. The molecule has 0 atom stereocenters. The summed E-state index contributed by atoms with van der Waals surface area (Å²) in [5.74, 6) is 1.15. The van der Waals surface area contributed by atoms with Gasteiger partial charge < -0.3 is 10.1 Å². The first-order valence-corrected chi connectivity index (χ1v) is 8.95. The van der Waals surface area contributed by atoms with Gasteiger partial charge in [-0.1, -0.05) is 28.1 Å². The Morgan fingerprint density at radius 1 is 1.11 bits per heavy atom. The fourth-order valence-electron chi connectivity index (χ4n) is 2.55. The van der Waals surface area contributed by atoms with Gasteiger partial charge in [0.15, 0.2) is 11.5 Å². The molecule has 3 heterocycles. The number of benzene rings is 1. The van der Waals surface area contributed by atoms with Crippen molar-refractivity contribution in [3.05, 3.63) is 82.9 Å². The number of aromatic nitrogens is 4. The van der Waals surface area contributed by atoms with E-state index in [9.17, 15) is 4.79 Å². The van der Waals surface area contributed by atoms with Crippen molar-refractivity contribution in [3.63, 3.8) is 0 Å². The second kappa shape index (κ2) is 7.55. The second-order valence-electron chi connectivity index (χ2n) is 5.64. The first-order chi connectivity index (χ1) is 13.2. The van der Waals surface area contributed by atoms with Crippen molar-refractivity contribution in [2.45, 2.75) is 6.54 Å². The third-order valence-corrected chi connectivity index (χ3v) is 4.31. The van der Waals surface area contributed by atoms with Crippen molar-refractivity contribution in [1.82, 2.24) is 24.9 Å². The molecule has 27 heavy (non-hydrogen) atoms. The largest absolute Gasteiger partial charge is 0.438 e. The van der Waals surface area contributed by atoms with E-state index < -0.39 is 0 Å². The molecule has 0 spiro atoms. The highest BCUT2D eigenvalue weighted by Crippen LogP contribution is 2.25. The van der Waals surface area contributed by atoms with Gasteiger partial charge in [0.1, 0.15) is 11.3 Å². The topological polar surface area (TPSA) is 81.4 Å². The number of halogens is 1. The zero-order valence-corrected chi connectivity index (χ0v) is 15.6. The Bertz CT molecular complexity index is 1110. The molecule has 134 valence electrons. The van der Waals surface area contributed by atoms with Crippen molar-refractivity contribution in [3.8, 4) is 11.6 Å². The molecule has 0 unspecified atom stereocenters. The number of carbonyl (C=O) groups excluding carboxylic acids is 1. The Hall–Kier alpha value is -3.26. The highest BCUT2D eigenvalue weighted by Gasteiger charge is 2.15. The van der Waals surface area contributed by atoms with E-state index in [-0.39, 0.29) is 18.3 Å². The Balaban J connectivity index is 1.52. The van der Waals surface area contributed by atoms with Crippen LogP contribution in [0.3, 0.4) is 0 Å². The predicted molar refractivity (Wildman–Crippen MR) is 103 cm³/mol. The monoisotopic (exact) mass is 423 g/mol. The normalized spacial score (nSPS) is 10.7. The van der Waals surface area contributed by atoms with E-state index in [4.69, 9.17) is 4.74 Å². The molecule has 0 saturated heterocycles. The van der Waals surface area contributed by atoms with Crippen LogP contribution >= 0.6 is 15.9 Å². The highest BCUT2D eigenvalue weighted by atomic mass is 79.9. The number of fused-ring (bicyclic) bond motifs is 1. The lowest BCUT2D eigenvalue weighted by Gasteiger charge is -2.10. The van der Waals surface area contributed by atoms with E-state index in [0.717, 1.165) is 10.1 Å². The molecule has 1 N–H and O–H groups in total. The molecule has 0 fully saturated rings. The summed E-state index contributed by atoms with van der Waals surface area (Å²) in [4.78, 5) is 16.8. The van der Waals surface area contributed by atoms with E-state index >= 15 is 0 Å². The molecule has 0 radical (unpaired) electrons. The first-order valence-electron chi connectivity index (χ1n) is 8.16. The number of rotatable bonds is 5. The summed E-state index contributed by atoms with van der Waals surface area (Å²) in [5.41, 5.74) is 1.06. The van der Waals surface area contributed by atoms with E-state index in [0.29, 0.717) is 17.1 Å². The van der Waals surface area contributed by atoms with Crippen molar-refractivity contribution >= 4 is 27.5 Å². The fourth-order valence-corrected chi connectivity index (χ4v) is 2.93. The van der Waals surface area contributed by atoms with Gasteiger partial charge in [-0.3, -0.25) is 9.20 Å². The van der Waals surface area contributed by atoms with Crippen LogP contribution in [0, 0.1) is 0 Å². The van der Waals surface area contributed by atoms with Gasteiger partial charge in [0.2, 0.25) is 5.88 Å². The molecule has 4 rings (SSSR count). The average Bonchev–Trinajstić information content (AvgIpc) is 3.10. The molecule has 1 aromatic carbocycles. The standard InChI is InChI=1S/C19H14BrN5O2/c20-13-5-3-6-14(11-13)27-19-15(7-4-9-21-19)18(26)22-12-17-24-23-16-8-1-2-10-25(16)17/h1-11H,12H2,(H,22,26). The van der Waals surface area contributed by atoms with Crippen molar-refractivity contribution in [2.24, 2.45) is 0 Å². The Kier molecular flexibility index (Phi) is 4.80. The summed E-state index contributed by atoms with van der Waals surface area (Å²) < 4.78 is 8.48. The quantitative estimate of drug-likeness (QED) is 0.530. The Labute approximate surface area is 163 Å². The zero-order valence-electron chi connectivity index (χ0n) is 14.0. The van der Waals surface area contributed by atoms with Crippen LogP contribution in [0.5, 0.6) is 11.6 Å². The highest BCUT2D eigenvalue weighted by molar-refractivity contribution is 9.10. The summed E-state index contributed by atoms with van der Waals surface area (Å²) in [6.45, 7) is 0.231. The lowest BCUT2D eigenvalue weighted by Crippen LogP contribution is -2.24. The summed E-state index contributed by atoms with van der Waals surface area (Å²) in [5, 5.41) is 11.0. The van der Waals surface area contributed by atoms with Crippen LogP contribution in [0.2, 0.25) is 0 Å². The second-order valence-corrected chi connectivity index (χ2v) is 6.56. The number of ether oxygens (including phenoxy) is 1. The summed E-state index contributed by atoms with van der Waals surface area (Å²) in [7, 11) is 0. The van der Waals surface area contributed by atoms with E-state index in [1.807, 2.05) is 40.9 Å². The number of hydrogen-bond donors (Lipinski definition) is 1. The van der Waals surface area contributed by atoms with Gasteiger partial charge in [-0.2, -0.15) is 0 Å². The maximum Gasteiger partial charge on any atom is 0.257 e. The lowest BCUT2D eigenvalue weighted by atomic mass is 10.2. The number of hydrogen-bond acceptors (Lipinski definition) is 5. The fraction of sp³-hybridized carbons (Fsp3) is 0.0526. The lowest BCUT2D eigenvalue weighted by molar-refractivity contribution is 0.0947. The van der Waals surface area contributed by atoms with Crippen LogP contribution in [0.25, 0.3) is 5.65 Å². The van der Waals surface area contributed by atoms with Crippen molar-refractivity contribution < 1.29 is 9.53 Å². The minimum atomic E-state index is -0.305. The third kappa shape index (κ3) is 3.80. The predicted octanol–water partition coefficient (Wildman–Crippen LogP) is 3.61. The minimum absolute atomic E-state index is 0.231. The number of carbonyl (C=O) groups is 1. The van der Waals surface area contributed by atoms with Crippen molar-refractivity contribution in [1.29, 1.82) is 0 Å². The van der Waals surface area contributed by atoms with Crippen molar-refractivity contribution in [2.75, 3.05) is 0 Å². The number of pyridine rings is 2. The van der Waals surface area contributed by atoms with E-state index in [1.54, 1.807) is 30.5 Å². The Morgan fingerprint density at radius 2 is 2.04 bits per heavy atom. The SMILES string of the molecule is O=C(NCc1nnc2ccccn12)c1cccnc1Oc1cccc(Br)c1. The van der Waals surface area contributed by atoms with Gasteiger partial charge in [0.25, 0.3) is 5.91 Å². The first kappa shape index (κ1) is 17.2. The molecule has 4 aromatic rings. The molecule has 7 nitrogen and oxygen atoms in total. The molecule has 0 aliphatic rings. The molecule has 0 aliphatic heterocycles. The van der Waals surface area contributed by atoms with Crippen LogP contribution < -0.4 is 10.1 Å². The van der Waals surface area contributed by atoms with Crippen LogP contribution in [-0.2, 0) is 6.54 Å². The molecule has 8 heteroatoms. The summed E-state index contributed by atoms with van der Waals surface area (Å²) >= 11 is 3.39. The summed E-state index contributed by atoms with van der Waals surface area (Å²) in [6.07, 6.45) is 3.43. The third-order valence-electron chi connectivity index (χ3n) is 3.82. The van der Waals surface area contributed by atoms with Crippen LogP contribution in [-0.4, -0.2) is 25.5 Å². The molecular formula is C19H14BrN5O2. The van der Waals surface area contributed by atoms with Crippen LogP contribution in [0.15, 0.2) is 71.5 Å². The number of nitrogens with one attached hydrogen (secondary N) is 1. The number of amides is 1. The smallest absolute Gasteiger partial charge is 0.257 e. The van der Waals surface area contributed by atoms with Gasteiger partial charge in [-0.25, -0.2) is 4.98 Å². The molecule has 0 saturated carbocycles. The Morgan fingerprint density at radius 3 is 2.93 bits per heavy atom. The van der Waals surface area contributed by atoms with Gasteiger partial charge >= 0.3 is 0 Å². The summed E-state index contributed by atoms with van der Waals surface area (Å²) in [6, 6.07) is 16.3. The minimum Gasteiger partial charge on any atom is -0.438 e. The van der Waals surface area contributed by atoms with Gasteiger partial charge in [0.05, 0.1) is 6.54 Å². The maximum absolute atomic E-state index is 12.7. The molecule has 0 bridgehead atoms. The van der Waals surface area contributed by atoms with Gasteiger partial charge in [0, 0.05) is 16.9 Å².